The average Bonchev–Trinajstić information content (AvgIpc) is 2.38. The molecule has 0 bridgehead atoms. The third kappa shape index (κ3) is 3.03. The van der Waals surface area contributed by atoms with Gasteiger partial charge < -0.3 is 5.11 Å². The van der Waals surface area contributed by atoms with Crippen LogP contribution in [-0.4, -0.2) is 39.9 Å². The number of hydrazone groups is 1. The number of aromatic nitrogens is 1. The standard InChI is InChI=1S/C12H15N3O2/c16-12(17)11-3-1-2-8-15(11)14-9-10-4-6-13-7-5-10/h4-7,9,11H,1-3,8H2,(H,16,17)/b14-9+. The molecular formula is C12H15N3O2. The molecule has 2 rings (SSSR count). The number of carboxylic acid groups (broad SMARTS) is 1. The molecule has 5 heteroatoms. The van der Waals surface area contributed by atoms with Crippen molar-refractivity contribution in [3.05, 3.63) is 30.1 Å². The predicted octanol–water partition coefficient (Wildman–Crippen LogP) is 1.35. The van der Waals surface area contributed by atoms with Crippen LogP contribution in [0.2, 0.25) is 0 Å². The highest BCUT2D eigenvalue weighted by Crippen LogP contribution is 2.17. The Hall–Kier alpha value is -1.91. The molecule has 1 N–H and O–H groups in total. The normalized spacial score (nSPS) is 20.7. The monoisotopic (exact) mass is 233 g/mol. The number of carboxylic acids is 1. The summed E-state index contributed by atoms with van der Waals surface area (Å²) in [7, 11) is 0. The summed E-state index contributed by atoms with van der Waals surface area (Å²) in [5.74, 6) is -0.795. The Morgan fingerprint density at radius 2 is 2.24 bits per heavy atom. The number of aliphatic carboxylic acids is 1. The Bertz CT molecular complexity index is 405. The lowest BCUT2D eigenvalue weighted by molar-refractivity contribution is -0.144. The van der Waals surface area contributed by atoms with Gasteiger partial charge in [-0.15, -0.1) is 0 Å². The largest absolute Gasteiger partial charge is 0.480 e. The first kappa shape index (κ1) is 11.6. The van der Waals surface area contributed by atoms with Crippen LogP contribution < -0.4 is 0 Å². The summed E-state index contributed by atoms with van der Waals surface area (Å²) in [5.41, 5.74) is 0.926. The van der Waals surface area contributed by atoms with E-state index in [4.69, 9.17) is 5.11 Å². The summed E-state index contributed by atoms with van der Waals surface area (Å²) in [6.07, 6.45) is 7.68. The predicted molar refractivity (Wildman–Crippen MR) is 63.8 cm³/mol. The minimum absolute atomic E-state index is 0.484. The maximum absolute atomic E-state index is 11.1. The van der Waals surface area contributed by atoms with E-state index in [0.717, 1.165) is 18.4 Å². The molecule has 0 spiro atoms. The van der Waals surface area contributed by atoms with Crippen LogP contribution in [0, 0.1) is 0 Å². The molecule has 1 aromatic heterocycles. The van der Waals surface area contributed by atoms with Crippen molar-refractivity contribution in [1.82, 2.24) is 9.99 Å². The van der Waals surface area contributed by atoms with E-state index < -0.39 is 12.0 Å². The van der Waals surface area contributed by atoms with E-state index in [1.165, 1.54) is 0 Å². The molecule has 0 aromatic carbocycles. The van der Waals surface area contributed by atoms with Crippen molar-refractivity contribution in [1.29, 1.82) is 0 Å². The molecule has 2 heterocycles. The van der Waals surface area contributed by atoms with E-state index in [1.807, 2.05) is 12.1 Å². The van der Waals surface area contributed by atoms with Crippen molar-refractivity contribution < 1.29 is 9.90 Å². The van der Waals surface area contributed by atoms with Crippen molar-refractivity contribution in [2.45, 2.75) is 25.3 Å². The number of piperidine rings is 1. The summed E-state index contributed by atoms with van der Waals surface area (Å²) in [5, 5.41) is 15.0. The molecule has 1 saturated heterocycles. The third-order valence-electron chi connectivity index (χ3n) is 2.82. The van der Waals surface area contributed by atoms with Gasteiger partial charge in [-0.25, -0.2) is 4.79 Å². The molecule has 1 aromatic rings. The van der Waals surface area contributed by atoms with Gasteiger partial charge in [0.2, 0.25) is 0 Å². The number of nitrogens with zero attached hydrogens (tertiary/aromatic N) is 3. The molecule has 1 atom stereocenters. The summed E-state index contributed by atoms with van der Waals surface area (Å²) < 4.78 is 0. The molecule has 1 unspecified atom stereocenters. The first-order valence-electron chi connectivity index (χ1n) is 5.71. The molecule has 0 aliphatic carbocycles. The number of hydrogen-bond donors (Lipinski definition) is 1. The molecule has 5 nitrogen and oxygen atoms in total. The van der Waals surface area contributed by atoms with Gasteiger partial charge in [0.25, 0.3) is 0 Å². The maximum atomic E-state index is 11.1. The maximum Gasteiger partial charge on any atom is 0.328 e. The number of hydrogen-bond acceptors (Lipinski definition) is 4. The lowest BCUT2D eigenvalue weighted by atomic mass is 10.0. The van der Waals surface area contributed by atoms with Crippen LogP contribution in [0.15, 0.2) is 29.6 Å². The molecule has 0 saturated carbocycles. The zero-order valence-electron chi connectivity index (χ0n) is 9.49. The Morgan fingerprint density at radius 1 is 1.47 bits per heavy atom. The number of rotatable bonds is 3. The van der Waals surface area contributed by atoms with Crippen LogP contribution >= 0.6 is 0 Å². The highest BCUT2D eigenvalue weighted by atomic mass is 16.4. The quantitative estimate of drug-likeness (QED) is 0.800. The van der Waals surface area contributed by atoms with Crippen molar-refractivity contribution >= 4 is 12.2 Å². The lowest BCUT2D eigenvalue weighted by Gasteiger charge is -2.30. The molecular weight excluding hydrogens is 218 g/mol. The minimum Gasteiger partial charge on any atom is -0.480 e. The highest BCUT2D eigenvalue weighted by molar-refractivity contribution is 5.79. The molecule has 90 valence electrons. The van der Waals surface area contributed by atoms with E-state index in [1.54, 1.807) is 23.6 Å². The van der Waals surface area contributed by atoms with Gasteiger partial charge in [0, 0.05) is 18.9 Å². The molecule has 0 radical (unpaired) electrons. The Kier molecular flexibility index (Phi) is 3.69. The second-order valence-corrected chi connectivity index (χ2v) is 4.04. The smallest absolute Gasteiger partial charge is 0.328 e. The van der Waals surface area contributed by atoms with Gasteiger partial charge in [0.15, 0.2) is 0 Å². The first-order chi connectivity index (χ1) is 8.27. The Labute approximate surface area is 99.8 Å². The fourth-order valence-corrected chi connectivity index (χ4v) is 1.90. The van der Waals surface area contributed by atoms with Crippen LogP contribution in [0.25, 0.3) is 0 Å². The zero-order valence-corrected chi connectivity index (χ0v) is 9.49. The molecule has 1 aliphatic heterocycles. The second-order valence-electron chi connectivity index (χ2n) is 4.04. The van der Waals surface area contributed by atoms with Gasteiger partial charge in [-0.2, -0.15) is 5.10 Å². The van der Waals surface area contributed by atoms with Crippen LogP contribution in [0.4, 0.5) is 0 Å². The van der Waals surface area contributed by atoms with E-state index in [-0.39, 0.29) is 0 Å². The van der Waals surface area contributed by atoms with Crippen molar-refractivity contribution in [2.75, 3.05) is 6.54 Å². The van der Waals surface area contributed by atoms with E-state index in [2.05, 4.69) is 10.1 Å². The van der Waals surface area contributed by atoms with Crippen LogP contribution in [0.5, 0.6) is 0 Å². The topological polar surface area (TPSA) is 65.8 Å². The number of pyridine rings is 1. The Balaban J connectivity index is 2.06. The fourth-order valence-electron chi connectivity index (χ4n) is 1.90. The summed E-state index contributed by atoms with van der Waals surface area (Å²) >= 11 is 0. The summed E-state index contributed by atoms with van der Waals surface area (Å²) in [4.78, 5) is 15.0. The van der Waals surface area contributed by atoms with Gasteiger partial charge in [-0.3, -0.25) is 9.99 Å². The SMILES string of the molecule is O=C(O)C1CCCCN1/N=C/c1ccncc1. The van der Waals surface area contributed by atoms with Crippen molar-refractivity contribution in [2.24, 2.45) is 5.10 Å². The van der Waals surface area contributed by atoms with E-state index >= 15 is 0 Å². The van der Waals surface area contributed by atoms with Gasteiger partial charge >= 0.3 is 5.97 Å². The summed E-state index contributed by atoms with van der Waals surface area (Å²) in [6, 6.07) is 3.19. The third-order valence-corrected chi connectivity index (χ3v) is 2.82. The second kappa shape index (κ2) is 5.43. The van der Waals surface area contributed by atoms with Crippen LogP contribution in [0.3, 0.4) is 0 Å². The molecule has 1 fully saturated rings. The molecule has 1 aliphatic rings. The Morgan fingerprint density at radius 3 is 2.94 bits per heavy atom. The van der Waals surface area contributed by atoms with Gasteiger partial charge in [0.05, 0.1) is 6.21 Å². The van der Waals surface area contributed by atoms with Gasteiger partial charge in [-0.1, -0.05) is 0 Å². The van der Waals surface area contributed by atoms with E-state index in [0.29, 0.717) is 13.0 Å². The van der Waals surface area contributed by atoms with Crippen molar-refractivity contribution in [3.63, 3.8) is 0 Å². The average molecular weight is 233 g/mol. The molecule has 0 amide bonds. The van der Waals surface area contributed by atoms with Gasteiger partial charge in [0.1, 0.15) is 6.04 Å². The van der Waals surface area contributed by atoms with Crippen LogP contribution in [0.1, 0.15) is 24.8 Å². The van der Waals surface area contributed by atoms with Crippen LogP contribution in [-0.2, 0) is 4.79 Å². The minimum atomic E-state index is -0.795. The lowest BCUT2D eigenvalue weighted by Crippen LogP contribution is -2.41. The highest BCUT2D eigenvalue weighted by Gasteiger charge is 2.26. The van der Waals surface area contributed by atoms with E-state index in [9.17, 15) is 4.79 Å². The van der Waals surface area contributed by atoms with Crippen molar-refractivity contribution in [3.8, 4) is 0 Å². The fraction of sp³-hybridized carbons (Fsp3) is 0.417. The first-order valence-corrected chi connectivity index (χ1v) is 5.71. The number of carbonyl (C=O) groups is 1. The zero-order chi connectivity index (χ0) is 12.1. The molecule has 17 heavy (non-hydrogen) atoms. The van der Waals surface area contributed by atoms with Gasteiger partial charge in [-0.05, 0) is 37.0 Å². The summed E-state index contributed by atoms with van der Waals surface area (Å²) in [6.45, 7) is 0.707.